The number of furan rings is 1. The molecule has 4 heterocycles. The van der Waals surface area contributed by atoms with Crippen molar-refractivity contribution in [3.63, 3.8) is 0 Å². The number of para-hydroxylation sites is 1. The van der Waals surface area contributed by atoms with E-state index in [0.717, 1.165) is 37.6 Å². The van der Waals surface area contributed by atoms with Gasteiger partial charge in [-0.05, 0) is 49.9 Å². The fraction of sp³-hybridized carbons (Fsp3) is 0.258. The third kappa shape index (κ3) is 5.36. The van der Waals surface area contributed by atoms with Crippen LogP contribution in [0.15, 0.2) is 92.2 Å². The number of allylic oxidation sites excluding steroid dienone is 1. The summed E-state index contributed by atoms with van der Waals surface area (Å²) in [5.74, 6) is 1.71. The third-order valence-corrected chi connectivity index (χ3v) is 8.39. The molecular weight excluding hydrogens is 538 g/mol. The molecule has 6 rings (SSSR count). The number of hydrogen-bond donors (Lipinski definition) is 1. The molecule has 210 valence electrons. The number of aromatic nitrogens is 1. The van der Waals surface area contributed by atoms with Crippen LogP contribution in [0.25, 0.3) is 6.08 Å². The van der Waals surface area contributed by atoms with Crippen molar-refractivity contribution in [3.05, 3.63) is 109 Å². The number of nitrogens with one attached hydrogen (secondary N) is 1. The summed E-state index contributed by atoms with van der Waals surface area (Å²) in [7, 11) is 3.70. The SMILES string of the molecule is COc1cccc(C2C(C(=O)Nc3ccccc3)=C(C)N=c3sc(=Cc4ccc(N5CCN(C)CC5)o4)c(=O)n32)c1. The molecule has 1 amide bonds. The van der Waals surface area contributed by atoms with E-state index in [-0.39, 0.29) is 11.5 Å². The van der Waals surface area contributed by atoms with Crippen molar-refractivity contribution in [2.24, 2.45) is 4.99 Å². The molecule has 0 bridgehead atoms. The number of thiazole rings is 1. The smallest absolute Gasteiger partial charge is 0.271 e. The Labute approximate surface area is 241 Å². The summed E-state index contributed by atoms with van der Waals surface area (Å²) < 4.78 is 13.7. The Kier molecular flexibility index (Phi) is 7.34. The average molecular weight is 570 g/mol. The van der Waals surface area contributed by atoms with Gasteiger partial charge in [-0.25, -0.2) is 4.99 Å². The van der Waals surface area contributed by atoms with Crippen LogP contribution in [0.4, 0.5) is 11.6 Å². The van der Waals surface area contributed by atoms with Gasteiger partial charge in [0, 0.05) is 44.0 Å². The summed E-state index contributed by atoms with van der Waals surface area (Å²) in [5.41, 5.74) is 2.12. The van der Waals surface area contributed by atoms with Gasteiger partial charge in [0.05, 0.1) is 29.0 Å². The maximum Gasteiger partial charge on any atom is 0.271 e. The summed E-state index contributed by atoms with van der Waals surface area (Å²) in [6, 6.07) is 19.8. The van der Waals surface area contributed by atoms with E-state index >= 15 is 0 Å². The molecule has 0 spiro atoms. The molecule has 2 aliphatic rings. The number of hydrogen-bond acceptors (Lipinski definition) is 8. The fourth-order valence-corrected chi connectivity index (χ4v) is 6.23. The second-order valence-corrected chi connectivity index (χ2v) is 11.2. The molecule has 1 N–H and O–H groups in total. The Balaban J connectivity index is 1.42. The van der Waals surface area contributed by atoms with Crippen molar-refractivity contribution >= 4 is 34.9 Å². The molecule has 2 aliphatic heterocycles. The van der Waals surface area contributed by atoms with E-state index in [4.69, 9.17) is 14.1 Å². The lowest BCUT2D eigenvalue weighted by Crippen LogP contribution is -2.44. The van der Waals surface area contributed by atoms with Crippen molar-refractivity contribution in [3.8, 4) is 5.75 Å². The molecule has 0 saturated carbocycles. The number of fused-ring (bicyclic) bond motifs is 1. The number of piperazine rings is 1. The van der Waals surface area contributed by atoms with Crippen molar-refractivity contribution in [2.45, 2.75) is 13.0 Å². The minimum absolute atomic E-state index is 0.239. The van der Waals surface area contributed by atoms with Crippen molar-refractivity contribution < 1.29 is 13.9 Å². The Morgan fingerprint density at radius 3 is 2.61 bits per heavy atom. The van der Waals surface area contributed by atoms with Crippen molar-refractivity contribution in [1.82, 2.24) is 9.47 Å². The summed E-state index contributed by atoms with van der Waals surface area (Å²) in [6.45, 7) is 5.52. The van der Waals surface area contributed by atoms with Crippen LogP contribution in [0.3, 0.4) is 0 Å². The highest BCUT2D eigenvalue weighted by atomic mass is 32.1. The maximum atomic E-state index is 14.0. The van der Waals surface area contributed by atoms with Crippen LogP contribution in [-0.2, 0) is 4.79 Å². The third-order valence-electron chi connectivity index (χ3n) is 7.41. The molecule has 0 radical (unpaired) electrons. The Morgan fingerprint density at radius 2 is 1.85 bits per heavy atom. The lowest BCUT2D eigenvalue weighted by atomic mass is 9.95. The summed E-state index contributed by atoms with van der Waals surface area (Å²) in [5, 5.41) is 2.97. The number of methoxy groups -OCH3 is 1. The van der Waals surface area contributed by atoms with E-state index in [0.29, 0.717) is 37.8 Å². The Hall–Kier alpha value is -4.41. The topological polar surface area (TPSA) is 92.3 Å². The minimum Gasteiger partial charge on any atom is -0.497 e. The average Bonchev–Trinajstić information content (AvgIpc) is 3.57. The number of carbonyl (C=O) groups is 1. The van der Waals surface area contributed by atoms with Gasteiger partial charge in [0.2, 0.25) is 0 Å². The van der Waals surface area contributed by atoms with Gasteiger partial charge in [0.25, 0.3) is 11.5 Å². The standard InChI is InChI=1S/C31H31N5O4S/c1-20-27(29(37)33-22-9-5-4-6-10-22)28(21-8-7-11-23(18-21)39-3)36-30(38)25(41-31(36)32-20)19-24-12-13-26(40-24)35-16-14-34(2)15-17-35/h4-13,18-19,28H,14-17H2,1-3H3,(H,33,37). The van der Waals surface area contributed by atoms with Crippen molar-refractivity contribution in [2.75, 3.05) is 50.6 Å². The highest BCUT2D eigenvalue weighted by molar-refractivity contribution is 7.07. The molecule has 1 saturated heterocycles. The first-order valence-electron chi connectivity index (χ1n) is 13.5. The van der Waals surface area contributed by atoms with Gasteiger partial charge >= 0.3 is 0 Å². The second kappa shape index (κ2) is 11.2. The first-order valence-corrected chi connectivity index (χ1v) is 14.3. The van der Waals surface area contributed by atoms with Crippen LogP contribution in [0.2, 0.25) is 0 Å². The summed E-state index contributed by atoms with van der Waals surface area (Å²) >= 11 is 1.28. The lowest BCUT2D eigenvalue weighted by molar-refractivity contribution is -0.113. The number of anilines is 2. The molecule has 0 aliphatic carbocycles. The minimum atomic E-state index is -0.690. The van der Waals surface area contributed by atoms with Gasteiger partial charge in [-0.2, -0.15) is 0 Å². The highest BCUT2D eigenvalue weighted by Gasteiger charge is 2.33. The van der Waals surface area contributed by atoms with Gasteiger partial charge in [-0.3, -0.25) is 14.2 Å². The molecule has 4 aromatic rings. The Morgan fingerprint density at radius 1 is 1.07 bits per heavy atom. The van der Waals surface area contributed by atoms with E-state index in [1.54, 1.807) is 24.7 Å². The zero-order valence-electron chi connectivity index (χ0n) is 23.2. The number of amides is 1. The molecule has 2 aromatic heterocycles. The van der Waals surface area contributed by atoms with Crippen LogP contribution in [-0.4, -0.2) is 55.7 Å². The number of ether oxygens (including phenoxy) is 1. The van der Waals surface area contributed by atoms with Crippen LogP contribution in [0, 0.1) is 0 Å². The zero-order valence-corrected chi connectivity index (χ0v) is 24.0. The predicted molar refractivity (Wildman–Crippen MR) is 160 cm³/mol. The van der Waals surface area contributed by atoms with E-state index in [1.165, 1.54) is 11.3 Å². The molecule has 2 aromatic carbocycles. The van der Waals surface area contributed by atoms with Gasteiger partial charge in [-0.15, -0.1) is 0 Å². The Bertz CT molecular complexity index is 1800. The van der Waals surface area contributed by atoms with Crippen LogP contribution < -0.4 is 29.8 Å². The molecule has 9 nitrogen and oxygen atoms in total. The van der Waals surface area contributed by atoms with Crippen LogP contribution in [0.1, 0.15) is 24.3 Å². The van der Waals surface area contributed by atoms with Gasteiger partial charge in [0.1, 0.15) is 11.5 Å². The molecule has 10 heteroatoms. The van der Waals surface area contributed by atoms with Crippen molar-refractivity contribution in [1.29, 1.82) is 0 Å². The fourth-order valence-electron chi connectivity index (χ4n) is 5.20. The molecular formula is C31H31N5O4S. The first-order chi connectivity index (χ1) is 19.9. The molecule has 1 fully saturated rings. The highest BCUT2D eigenvalue weighted by Crippen LogP contribution is 2.32. The maximum absolute atomic E-state index is 14.0. The molecule has 1 atom stereocenters. The van der Waals surface area contributed by atoms with Crippen LogP contribution in [0.5, 0.6) is 5.75 Å². The number of likely N-dealkylation sites (N-methyl/N-ethyl adjacent to an activating group) is 1. The van der Waals surface area contributed by atoms with E-state index in [1.807, 2.05) is 66.7 Å². The van der Waals surface area contributed by atoms with Gasteiger partial charge < -0.3 is 24.3 Å². The lowest BCUT2D eigenvalue weighted by Gasteiger charge is -2.32. The van der Waals surface area contributed by atoms with Gasteiger partial charge in [-0.1, -0.05) is 41.7 Å². The predicted octanol–water partition coefficient (Wildman–Crippen LogP) is 3.23. The van der Waals surface area contributed by atoms with Gasteiger partial charge in [0.15, 0.2) is 10.7 Å². The monoisotopic (exact) mass is 569 g/mol. The normalized spacial score (nSPS) is 17.8. The zero-order chi connectivity index (χ0) is 28.5. The quantitative estimate of drug-likeness (QED) is 0.384. The summed E-state index contributed by atoms with van der Waals surface area (Å²) in [6.07, 6.45) is 1.76. The number of carbonyl (C=O) groups excluding carboxylic acids is 1. The second-order valence-electron chi connectivity index (χ2n) is 10.1. The van der Waals surface area contributed by atoms with E-state index < -0.39 is 6.04 Å². The molecule has 41 heavy (non-hydrogen) atoms. The molecule has 1 unspecified atom stereocenters. The van der Waals surface area contributed by atoms with E-state index in [9.17, 15) is 9.59 Å². The summed E-state index contributed by atoms with van der Waals surface area (Å²) in [4.78, 5) is 37.4. The number of nitrogens with zero attached hydrogens (tertiary/aromatic N) is 4. The van der Waals surface area contributed by atoms with E-state index in [2.05, 4.69) is 22.2 Å². The largest absolute Gasteiger partial charge is 0.497 e. The van der Waals surface area contributed by atoms with Crippen LogP contribution >= 0.6 is 11.3 Å². The number of rotatable bonds is 6. The first kappa shape index (κ1) is 26.8. The number of benzene rings is 2.